The summed E-state index contributed by atoms with van der Waals surface area (Å²) in [6.07, 6.45) is 3.44. The second kappa shape index (κ2) is 7.12. The highest BCUT2D eigenvalue weighted by Crippen LogP contribution is 2.25. The second-order valence-corrected chi connectivity index (χ2v) is 8.05. The average molecular weight is 384 g/mol. The van der Waals surface area contributed by atoms with E-state index in [1.807, 2.05) is 0 Å². The van der Waals surface area contributed by atoms with Crippen LogP contribution in [0.2, 0.25) is 0 Å². The summed E-state index contributed by atoms with van der Waals surface area (Å²) in [4.78, 5) is 16.2. The molecule has 1 N–H and O–H groups in total. The normalized spacial score (nSPS) is 16.6. The Morgan fingerprint density at radius 2 is 1.96 bits per heavy atom. The zero-order chi connectivity index (χ0) is 18.9. The molecule has 0 bridgehead atoms. The fourth-order valence-electron chi connectivity index (χ4n) is 2.84. The molecule has 10 heteroatoms. The van der Waals surface area contributed by atoms with Crippen molar-refractivity contribution in [3.05, 3.63) is 42.4 Å². The number of amides is 1. The third-order valence-electron chi connectivity index (χ3n) is 4.30. The first-order valence-corrected chi connectivity index (χ1v) is 9.45. The highest BCUT2D eigenvalue weighted by molar-refractivity contribution is 7.89. The molecule has 7 nitrogen and oxygen atoms in total. The minimum atomic E-state index is -3.69. The van der Waals surface area contributed by atoms with Gasteiger partial charge in [-0.05, 0) is 25.0 Å². The van der Waals surface area contributed by atoms with Gasteiger partial charge in [0, 0.05) is 38.3 Å². The molecular formula is C16H18F2N4O3S. The van der Waals surface area contributed by atoms with Crippen LogP contribution in [0.25, 0.3) is 0 Å². The van der Waals surface area contributed by atoms with Crippen LogP contribution in [0.15, 0.2) is 35.7 Å². The molecule has 0 radical (unpaired) electrons. The maximum atomic E-state index is 13.6. The van der Waals surface area contributed by atoms with Gasteiger partial charge in [0.1, 0.15) is 11.6 Å². The van der Waals surface area contributed by atoms with Crippen LogP contribution in [-0.2, 0) is 21.9 Å². The number of hydrogen-bond donors (Lipinski definition) is 1. The van der Waals surface area contributed by atoms with Crippen LogP contribution in [0.4, 0.5) is 14.5 Å². The van der Waals surface area contributed by atoms with Gasteiger partial charge in [-0.1, -0.05) is 0 Å². The monoisotopic (exact) mass is 384 g/mol. The molecule has 1 aromatic carbocycles. The fourth-order valence-corrected chi connectivity index (χ4v) is 4.27. The number of sulfonamides is 1. The van der Waals surface area contributed by atoms with Crippen LogP contribution in [0.3, 0.4) is 0 Å². The number of benzene rings is 1. The summed E-state index contributed by atoms with van der Waals surface area (Å²) in [6, 6.07) is 2.90. The van der Waals surface area contributed by atoms with Crippen molar-refractivity contribution in [1.29, 1.82) is 0 Å². The first-order chi connectivity index (χ1) is 12.3. The summed E-state index contributed by atoms with van der Waals surface area (Å²) in [5.41, 5.74) is -0.0973. The van der Waals surface area contributed by atoms with Crippen molar-refractivity contribution in [3.63, 3.8) is 0 Å². The van der Waals surface area contributed by atoms with Crippen molar-refractivity contribution in [2.75, 3.05) is 18.4 Å². The van der Waals surface area contributed by atoms with Gasteiger partial charge in [-0.3, -0.25) is 4.79 Å². The van der Waals surface area contributed by atoms with Crippen molar-refractivity contribution < 1.29 is 22.0 Å². The maximum absolute atomic E-state index is 13.6. The van der Waals surface area contributed by atoms with Crippen molar-refractivity contribution in [3.8, 4) is 0 Å². The van der Waals surface area contributed by atoms with Gasteiger partial charge < -0.3 is 9.88 Å². The molecule has 1 aliphatic rings. The van der Waals surface area contributed by atoms with E-state index in [2.05, 4.69) is 10.3 Å². The van der Waals surface area contributed by atoms with Crippen molar-refractivity contribution in [2.24, 2.45) is 13.0 Å². The lowest BCUT2D eigenvalue weighted by Crippen LogP contribution is -2.41. The highest BCUT2D eigenvalue weighted by atomic mass is 32.2. The number of rotatable bonds is 4. The van der Waals surface area contributed by atoms with E-state index in [9.17, 15) is 22.0 Å². The molecular weight excluding hydrogens is 366 g/mol. The summed E-state index contributed by atoms with van der Waals surface area (Å²) in [5.74, 6) is -2.44. The molecule has 1 fully saturated rings. The van der Waals surface area contributed by atoms with E-state index < -0.39 is 33.5 Å². The zero-order valence-corrected chi connectivity index (χ0v) is 14.8. The fraction of sp³-hybridized carbons (Fsp3) is 0.375. The standard InChI is InChI=1S/C16H18F2N4O3S/c1-21-9-15(19-10-21)26(24,25)22-6-4-11(5-7-22)16(23)20-14-3-2-12(17)8-13(14)18/h2-3,8-11H,4-7H2,1H3,(H,20,23). The van der Waals surface area contributed by atoms with E-state index in [-0.39, 0.29) is 23.8 Å². The molecule has 0 atom stereocenters. The SMILES string of the molecule is Cn1cnc(S(=O)(=O)N2CCC(C(=O)Nc3ccc(F)cc3F)CC2)c1. The minimum absolute atomic E-state index is 0.0312. The number of nitrogens with zero attached hydrogens (tertiary/aromatic N) is 3. The molecule has 0 unspecified atom stereocenters. The molecule has 0 spiro atoms. The quantitative estimate of drug-likeness (QED) is 0.870. The number of hydrogen-bond acceptors (Lipinski definition) is 4. The van der Waals surface area contributed by atoms with E-state index in [1.54, 1.807) is 11.6 Å². The van der Waals surface area contributed by atoms with Crippen LogP contribution in [0, 0.1) is 17.6 Å². The molecule has 26 heavy (non-hydrogen) atoms. The lowest BCUT2D eigenvalue weighted by Gasteiger charge is -2.29. The first kappa shape index (κ1) is 18.5. The lowest BCUT2D eigenvalue weighted by atomic mass is 9.97. The predicted octanol–water partition coefficient (Wildman–Crippen LogP) is 1.74. The second-order valence-electron chi connectivity index (χ2n) is 6.17. The summed E-state index contributed by atoms with van der Waals surface area (Å²) in [5, 5.41) is 2.40. The number of imidazole rings is 1. The number of anilines is 1. The lowest BCUT2D eigenvalue weighted by molar-refractivity contribution is -0.120. The highest BCUT2D eigenvalue weighted by Gasteiger charge is 2.33. The topological polar surface area (TPSA) is 84.3 Å². The summed E-state index contributed by atoms with van der Waals surface area (Å²) in [6.45, 7) is 0.339. The van der Waals surface area contributed by atoms with E-state index in [0.29, 0.717) is 18.9 Å². The summed E-state index contributed by atoms with van der Waals surface area (Å²) < 4.78 is 54.4. The van der Waals surface area contributed by atoms with Crippen LogP contribution in [0.1, 0.15) is 12.8 Å². The van der Waals surface area contributed by atoms with Gasteiger partial charge in [0.2, 0.25) is 5.91 Å². The summed E-state index contributed by atoms with van der Waals surface area (Å²) in [7, 11) is -2.01. The Kier molecular flexibility index (Phi) is 5.05. The number of aryl methyl sites for hydroxylation is 1. The van der Waals surface area contributed by atoms with Gasteiger partial charge in [-0.25, -0.2) is 22.2 Å². The molecule has 1 aromatic heterocycles. The molecule has 2 heterocycles. The van der Waals surface area contributed by atoms with Crippen molar-refractivity contribution >= 4 is 21.6 Å². The first-order valence-electron chi connectivity index (χ1n) is 8.01. The minimum Gasteiger partial charge on any atom is -0.339 e. The third-order valence-corrected chi connectivity index (χ3v) is 6.08. The van der Waals surface area contributed by atoms with Gasteiger partial charge in [0.05, 0.1) is 12.0 Å². The Labute approximate surface area is 149 Å². The summed E-state index contributed by atoms with van der Waals surface area (Å²) >= 11 is 0. The molecule has 0 aliphatic carbocycles. The Bertz CT molecular complexity index is 921. The van der Waals surface area contributed by atoms with E-state index >= 15 is 0 Å². The largest absolute Gasteiger partial charge is 0.339 e. The Hall–Kier alpha value is -2.33. The predicted molar refractivity (Wildman–Crippen MR) is 89.7 cm³/mol. The smallest absolute Gasteiger partial charge is 0.262 e. The molecule has 1 amide bonds. The van der Waals surface area contributed by atoms with Crippen LogP contribution < -0.4 is 5.32 Å². The third kappa shape index (κ3) is 3.75. The number of halogens is 2. The molecule has 0 saturated carbocycles. The van der Waals surface area contributed by atoms with Gasteiger partial charge in [-0.15, -0.1) is 0 Å². The van der Waals surface area contributed by atoms with Crippen molar-refractivity contribution in [2.45, 2.75) is 17.9 Å². The number of carbonyl (C=O) groups is 1. The van der Waals surface area contributed by atoms with E-state index in [0.717, 1.165) is 12.1 Å². The maximum Gasteiger partial charge on any atom is 0.262 e. The number of piperidine rings is 1. The van der Waals surface area contributed by atoms with Crippen LogP contribution in [-0.4, -0.2) is 41.3 Å². The average Bonchev–Trinajstić information content (AvgIpc) is 3.05. The molecule has 1 aliphatic heterocycles. The molecule has 3 rings (SSSR count). The van der Waals surface area contributed by atoms with E-state index in [4.69, 9.17) is 0 Å². The van der Waals surface area contributed by atoms with Crippen LogP contribution in [0.5, 0.6) is 0 Å². The van der Waals surface area contributed by atoms with Crippen molar-refractivity contribution in [1.82, 2.24) is 13.9 Å². The Morgan fingerprint density at radius 3 is 2.54 bits per heavy atom. The van der Waals surface area contributed by atoms with Gasteiger partial charge in [0.25, 0.3) is 10.0 Å². The molecule has 140 valence electrons. The Balaban J connectivity index is 1.62. The number of carbonyl (C=O) groups excluding carboxylic acids is 1. The Morgan fingerprint density at radius 1 is 1.27 bits per heavy atom. The van der Waals surface area contributed by atoms with Crippen LogP contribution >= 0.6 is 0 Å². The van der Waals surface area contributed by atoms with Gasteiger partial charge in [-0.2, -0.15) is 4.31 Å². The molecule has 2 aromatic rings. The molecule has 1 saturated heterocycles. The number of aromatic nitrogens is 2. The van der Waals surface area contributed by atoms with Gasteiger partial charge in [0.15, 0.2) is 5.03 Å². The van der Waals surface area contributed by atoms with Gasteiger partial charge >= 0.3 is 0 Å². The number of nitrogens with one attached hydrogen (secondary N) is 1. The zero-order valence-electron chi connectivity index (χ0n) is 14.0. The van der Waals surface area contributed by atoms with E-state index in [1.165, 1.54) is 16.8 Å².